The van der Waals surface area contributed by atoms with Gasteiger partial charge in [0, 0.05) is 39.3 Å². The van der Waals surface area contributed by atoms with Crippen molar-refractivity contribution in [1.29, 1.82) is 0 Å². The van der Waals surface area contributed by atoms with Crippen LogP contribution >= 0.6 is 11.6 Å². The van der Waals surface area contributed by atoms with E-state index in [1.165, 1.54) is 4.31 Å². The second-order valence-corrected chi connectivity index (χ2v) is 6.62. The van der Waals surface area contributed by atoms with Crippen LogP contribution in [0.3, 0.4) is 0 Å². The van der Waals surface area contributed by atoms with Crippen molar-refractivity contribution >= 4 is 27.7 Å². The van der Waals surface area contributed by atoms with E-state index < -0.39 is 15.2 Å². The number of alkyl halides is 1. The Morgan fingerprint density at radius 3 is 2.06 bits per heavy atom. The first-order chi connectivity index (χ1) is 8.46. The van der Waals surface area contributed by atoms with Gasteiger partial charge in [0.05, 0.1) is 0 Å². The Morgan fingerprint density at radius 1 is 1.17 bits per heavy atom. The molecule has 18 heavy (non-hydrogen) atoms. The Morgan fingerprint density at radius 2 is 1.67 bits per heavy atom. The van der Waals surface area contributed by atoms with Gasteiger partial charge < -0.3 is 9.80 Å². The summed E-state index contributed by atoms with van der Waals surface area (Å²) in [5.41, 5.74) is 0. The summed E-state index contributed by atoms with van der Waals surface area (Å²) in [6.45, 7) is 6.66. The van der Waals surface area contributed by atoms with Crippen molar-refractivity contribution in [2.45, 2.75) is 13.8 Å². The van der Waals surface area contributed by atoms with Gasteiger partial charge in [-0.05, 0) is 13.8 Å². The van der Waals surface area contributed by atoms with Gasteiger partial charge in [0.15, 0.2) is 0 Å². The number of halogens is 1. The van der Waals surface area contributed by atoms with Gasteiger partial charge in [-0.1, -0.05) is 0 Å². The van der Waals surface area contributed by atoms with Crippen LogP contribution in [-0.2, 0) is 10.0 Å². The van der Waals surface area contributed by atoms with E-state index in [4.69, 9.17) is 11.6 Å². The van der Waals surface area contributed by atoms with Crippen molar-refractivity contribution in [1.82, 2.24) is 14.1 Å². The molecule has 0 aromatic rings. The molecule has 6 nitrogen and oxygen atoms in total. The molecule has 1 aliphatic rings. The number of hydrogen-bond donors (Lipinski definition) is 0. The van der Waals surface area contributed by atoms with Gasteiger partial charge >= 0.3 is 6.03 Å². The smallest absolute Gasteiger partial charge is 0.320 e. The number of nitrogens with zero attached hydrogens (tertiary/aromatic N) is 3. The van der Waals surface area contributed by atoms with Crippen LogP contribution in [0, 0.1) is 0 Å². The molecule has 0 bridgehead atoms. The molecule has 0 aromatic heterocycles. The average molecular weight is 298 g/mol. The molecule has 1 saturated heterocycles. The molecule has 0 aromatic carbocycles. The van der Waals surface area contributed by atoms with E-state index in [1.54, 1.807) is 9.80 Å². The zero-order valence-corrected chi connectivity index (χ0v) is 12.4. The van der Waals surface area contributed by atoms with Crippen LogP contribution in [0.2, 0.25) is 0 Å². The van der Waals surface area contributed by atoms with E-state index >= 15 is 0 Å². The summed E-state index contributed by atoms with van der Waals surface area (Å²) >= 11 is 5.40. The van der Waals surface area contributed by atoms with Crippen molar-refractivity contribution in [3.63, 3.8) is 0 Å². The fourth-order valence-electron chi connectivity index (χ4n) is 1.92. The van der Waals surface area contributed by atoms with E-state index in [1.807, 2.05) is 13.8 Å². The Kier molecular flexibility index (Phi) is 5.68. The van der Waals surface area contributed by atoms with Crippen LogP contribution in [0.15, 0.2) is 0 Å². The molecule has 8 heteroatoms. The summed E-state index contributed by atoms with van der Waals surface area (Å²) in [4.78, 5) is 15.5. The lowest BCUT2D eigenvalue weighted by molar-refractivity contribution is 0.138. The number of hydrogen-bond acceptors (Lipinski definition) is 3. The number of carbonyl (C=O) groups excluding carboxylic acids is 1. The fourth-order valence-corrected chi connectivity index (χ4v) is 3.19. The Balaban J connectivity index is 2.57. The lowest BCUT2D eigenvalue weighted by Crippen LogP contribution is -2.54. The fraction of sp³-hybridized carbons (Fsp3) is 0.900. The van der Waals surface area contributed by atoms with Crippen LogP contribution < -0.4 is 0 Å². The molecule has 2 amide bonds. The third kappa shape index (κ3) is 3.49. The van der Waals surface area contributed by atoms with E-state index in [9.17, 15) is 13.2 Å². The number of urea groups is 1. The van der Waals surface area contributed by atoms with E-state index in [0.29, 0.717) is 39.3 Å². The normalized spacial score (nSPS) is 17.8. The lowest BCUT2D eigenvalue weighted by Gasteiger charge is -2.36. The molecule has 1 heterocycles. The molecule has 1 aliphatic heterocycles. The second kappa shape index (κ2) is 6.58. The predicted octanol–water partition coefficient (Wildman–Crippen LogP) is 0.592. The molecule has 0 spiro atoms. The van der Waals surface area contributed by atoms with E-state index in [2.05, 4.69) is 0 Å². The van der Waals surface area contributed by atoms with Crippen molar-refractivity contribution < 1.29 is 13.2 Å². The minimum atomic E-state index is -3.35. The third-order valence-electron chi connectivity index (χ3n) is 3.07. The highest BCUT2D eigenvalue weighted by Gasteiger charge is 2.29. The van der Waals surface area contributed by atoms with Crippen molar-refractivity contribution in [3.05, 3.63) is 0 Å². The van der Waals surface area contributed by atoms with Crippen molar-refractivity contribution in [2.24, 2.45) is 0 Å². The topological polar surface area (TPSA) is 60.9 Å². The molecular weight excluding hydrogens is 278 g/mol. The summed E-state index contributed by atoms with van der Waals surface area (Å²) in [7, 11) is -3.35. The lowest BCUT2D eigenvalue weighted by atomic mass is 10.4. The number of piperazine rings is 1. The first-order valence-electron chi connectivity index (χ1n) is 6.03. The van der Waals surface area contributed by atoms with Crippen LogP contribution in [0.4, 0.5) is 4.79 Å². The summed E-state index contributed by atoms with van der Waals surface area (Å²) in [6, 6.07) is -0.0251. The van der Waals surface area contributed by atoms with Crippen LogP contribution in [0.5, 0.6) is 0 Å². The molecule has 0 saturated carbocycles. The molecule has 1 rings (SSSR count). The van der Waals surface area contributed by atoms with Gasteiger partial charge in [-0.15, -0.1) is 11.6 Å². The molecule has 0 radical (unpaired) electrons. The highest BCUT2D eigenvalue weighted by molar-refractivity contribution is 7.90. The summed E-state index contributed by atoms with van der Waals surface area (Å²) in [5.74, 6) is 0. The van der Waals surface area contributed by atoms with Gasteiger partial charge in [-0.3, -0.25) is 0 Å². The molecule has 0 unspecified atom stereocenters. The molecule has 0 N–H and O–H groups in total. The SMILES string of the molecule is CCN(CC)C(=O)N1CCN(S(=O)(=O)CCl)CC1. The van der Waals surface area contributed by atoms with Crippen molar-refractivity contribution in [3.8, 4) is 0 Å². The maximum atomic E-state index is 12.0. The van der Waals surface area contributed by atoms with Gasteiger partial charge in [0.1, 0.15) is 5.21 Å². The Hall–Kier alpha value is -0.530. The minimum Gasteiger partial charge on any atom is -0.325 e. The van der Waals surface area contributed by atoms with E-state index in [0.717, 1.165) is 0 Å². The van der Waals surface area contributed by atoms with Crippen LogP contribution in [-0.4, -0.2) is 73.0 Å². The largest absolute Gasteiger partial charge is 0.325 e. The van der Waals surface area contributed by atoms with Gasteiger partial charge in [0.2, 0.25) is 10.0 Å². The standard InChI is InChI=1S/C10H20ClN3O3S/c1-3-12(4-2)10(15)13-5-7-14(8-6-13)18(16,17)9-11/h3-9H2,1-2H3. The van der Waals surface area contributed by atoms with Crippen molar-refractivity contribution in [2.75, 3.05) is 44.5 Å². The van der Waals surface area contributed by atoms with Gasteiger partial charge in [0.25, 0.3) is 0 Å². The quantitative estimate of drug-likeness (QED) is 0.714. The highest BCUT2D eigenvalue weighted by Crippen LogP contribution is 2.10. The Bertz CT molecular complexity index is 376. The number of rotatable bonds is 4. The first kappa shape index (κ1) is 15.5. The number of amides is 2. The minimum absolute atomic E-state index is 0.0251. The molecule has 106 valence electrons. The maximum Gasteiger partial charge on any atom is 0.320 e. The maximum absolute atomic E-state index is 12.0. The van der Waals surface area contributed by atoms with Crippen LogP contribution in [0.25, 0.3) is 0 Å². The molecular formula is C10H20ClN3O3S. The molecule has 1 fully saturated rings. The first-order valence-corrected chi connectivity index (χ1v) is 8.18. The zero-order chi connectivity index (χ0) is 13.8. The monoisotopic (exact) mass is 297 g/mol. The summed E-state index contributed by atoms with van der Waals surface area (Å²) in [5, 5.41) is -0.406. The van der Waals surface area contributed by atoms with Gasteiger partial charge in [-0.2, -0.15) is 4.31 Å². The second-order valence-electron chi connectivity index (χ2n) is 4.06. The van der Waals surface area contributed by atoms with Crippen LogP contribution in [0.1, 0.15) is 13.8 Å². The molecule has 0 atom stereocenters. The zero-order valence-electron chi connectivity index (χ0n) is 10.8. The number of sulfonamides is 1. The van der Waals surface area contributed by atoms with Gasteiger partial charge in [-0.25, -0.2) is 13.2 Å². The highest BCUT2D eigenvalue weighted by atomic mass is 35.5. The summed E-state index contributed by atoms with van der Waals surface area (Å²) in [6.07, 6.45) is 0. The molecule has 0 aliphatic carbocycles. The third-order valence-corrected chi connectivity index (χ3v) is 5.33. The predicted molar refractivity (Wildman–Crippen MR) is 71.1 cm³/mol. The summed E-state index contributed by atoms with van der Waals surface area (Å²) < 4.78 is 24.5. The van der Waals surface area contributed by atoms with E-state index in [-0.39, 0.29) is 6.03 Å². The number of carbonyl (C=O) groups is 1. The Labute approximate surface area is 114 Å². The average Bonchev–Trinajstić information content (AvgIpc) is 2.40.